The number of methoxy groups -OCH3 is 1. The van der Waals surface area contributed by atoms with Crippen LogP contribution >= 0.6 is 23.2 Å². The van der Waals surface area contributed by atoms with Crippen molar-refractivity contribution in [3.63, 3.8) is 0 Å². The van der Waals surface area contributed by atoms with Gasteiger partial charge in [-0.25, -0.2) is 4.79 Å². The van der Waals surface area contributed by atoms with Gasteiger partial charge in [0.05, 0.1) is 22.7 Å². The summed E-state index contributed by atoms with van der Waals surface area (Å²) in [4.78, 5) is 11.8. The normalized spacial score (nSPS) is 16.6. The molecule has 1 atom stereocenters. The molecule has 1 heterocycles. The first-order chi connectivity index (χ1) is 11.1. The SMILES string of the molecule is COC[C@H](C)NC(=O)NC1(C(F)(F)F)Oc2cc(Cl)c(Cl)cc2O1. The molecule has 2 amide bonds. The van der Waals surface area contributed by atoms with Crippen LogP contribution in [0.5, 0.6) is 11.5 Å². The molecule has 0 unspecified atom stereocenters. The van der Waals surface area contributed by atoms with Gasteiger partial charge in [-0.1, -0.05) is 23.2 Å². The maximum absolute atomic E-state index is 13.4. The molecule has 1 aromatic rings. The summed E-state index contributed by atoms with van der Waals surface area (Å²) in [6, 6.07) is 0.453. The Kier molecular flexibility index (Phi) is 5.26. The van der Waals surface area contributed by atoms with Crippen molar-refractivity contribution in [2.45, 2.75) is 25.1 Å². The number of amides is 2. The van der Waals surface area contributed by atoms with Gasteiger partial charge in [0.1, 0.15) is 0 Å². The minimum absolute atomic E-state index is 0.0184. The van der Waals surface area contributed by atoms with Gasteiger partial charge in [-0.3, -0.25) is 5.32 Å². The summed E-state index contributed by atoms with van der Waals surface area (Å²) in [6.45, 7) is 1.66. The van der Waals surface area contributed by atoms with E-state index in [1.165, 1.54) is 7.11 Å². The first-order valence-electron chi connectivity index (χ1n) is 6.59. The fraction of sp³-hybridized carbons (Fsp3) is 0.462. The van der Waals surface area contributed by atoms with Crippen LogP contribution in [0.1, 0.15) is 6.92 Å². The third kappa shape index (κ3) is 3.73. The van der Waals surface area contributed by atoms with E-state index in [9.17, 15) is 18.0 Å². The number of urea groups is 1. The molecule has 0 spiro atoms. The van der Waals surface area contributed by atoms with E-state index in [0.717, 1.165) is 12.1 Å². The van der Waals surface area contributed by atoms with Crippen LogP contribution < -0.4 is 20.1 Å². The molecular weight excluding hydrogens is 376 g/mol. The van der Waals surface area contributed by atoms with E-state index in [-0.39, 0.29) is 28.2 Å². The summed E-state index contributed by atoms with van der Waals surface area (Å²) in [7, 11) is 1.39. The van der Waals surface area contributed by atoms with Crippen molar-refractivity contribution in [2.75, 3.05) is 13.7 Å². The highest BCUT2D eigenvalue weighted by Crippen LogP contribution is 2.47. The van der Waals surface area contributed by atoms with Crippen molar-refractivity contribution in [2.24, 2.45) is 0 Å². The zero-order valence-corrected chi connectivity index (χ0v) is 14.0. The van der Waals surface area contributed by atoms with E-state index < -0.39 is 24.2 Å². The highest BCUT2D eigenvalue weighted by atomic mass is 35.5. The second-order valence-electron chi connectivity index (χ2n) is 4.99. The Morgan fingerprint density at radius 2 is 1.79 bits per heavy atom. The molecule has 1 aliphatic rings. The number of hydrogen-bond acceptors (Lipinski definition) is 4. The topological polar surface area (TPSA) is 68.8 Å². The van der Waals surface area contributed by atoms with Crippen molar-refractivity contribution in [3.8, 4) is 11.5 Å². The number of alkyl halides is 3. The number of carbonyl (C=O) groups excluding carboxylic acids is 1. The molecule has 0 radical (unpaired) electrons. The van der Waals surface area contributed by atoms with Gasteiger partial charge in [0.15, 0.2) is 11.5 Å². The Hall–Kier alpha value is -1.58. The van der Waals surface area contributed by atoms with Gasteiger partial charge >= 0.3 is 18.1 Å². The van der Waals surface area contributed by atoms with Gasteiger partial charge in [0.2, 0.25) is 0 Å². The molecule has 11 heteroatoms. The second kappa shape index (κ2) is 6.73. The number of carbonyl (C=O) groups is 1. The van der Waals surface area contributed by atoms with Crippen molar-refractivity contribution in [3.05, 3.63) is 22.2 Å². The number of benzene rings is 1. The van der Waals surface area contributed by atoms with E-state index >= 15 is 0 Å². The largest absolute Gasteiger partial charge is 0.492 e. The predicted octanol–water partition coefficient (Wildman–Crippen LogP) is 3.31. The van der Waals surface area contributed by atoms with Crippen molar-refractivity contribution < 1.29 is 32.2 Å². The summed E-state index contributed by atoms with van der Waals surface area (Å²) < 4.78 is 54.7. The van der Waals surface area contributed by atoms with Gasteiger partial charge in [-0.05, 0) is 6.92 Å². The molecule has 0 saturated heterocycles. The van der Waals surface area contributed by atoms with Crippen LogP contribution in [0.15, 0.2) is 12.1 Å². The van der Waals surface area contributed by atoms with Gasteiger partial charge < -0.3 is 19.5 Å². The standard InChI is InChI=1S/C13H13Cl2F3N2O4/c1-6(5-22-2)19-11(21)20-13(12(16,17)18)23-9-3-7(14)8(15)4-10(9)24-13/h3-4,6H,5H2,1-2H3,(H2,19,20,21)/t6-/m0/s1. The smallest absolute Gasteiger partial charge is 0.424 e. The molecule has 1 aromatic carbocycles. The van der Waals surface area contributed by atoms with Crippen molar-refractivity contribution >= 4 is 29.2 Å². The average Bonchev–Trinajstić information content (AvgIpc) is 2.77. The third-order valence-corrected chi connectivity index (χ3v) is 3.66. The van der Waals surface area contributed by atoms with Gasteiger partial charge in [-0.15, -0.1) is 0 Å². The fourth-order valence-electron chi connectivity index (χ4n) is 1.94. The van der Waals surface area contributed by atoms with Crippen LogP contribution in [0.3, 0.4) is 0 Å². The monoisotopic (exact) mass is 388 g/mol. The minimum Gasteiger partial charge on any atom is -0.424 e. The average molecular weight is 389 g/mol. The lowest BCUT2D eigenvalue weighted by Gasteiger charge is -2.30. The van der Waals surface area contributed by atoms with Crippen molar-refractivity contribution in [1.29, 1.82) is 0 Å². The highest BCUT2D eigenvalue weighted by Gasteiger charge is 2.65. The van der Waals surface area contributed by atoms with Gasteiger partial charge in [0.25, 0.3) is 0 Å². The van der Waals surface area contributed by atoms with E-state index in [2.05, 4.69) is 5.32 Å². The number of rotatable bonds is 4. The molecule has 0 aromatic heterocycles. The number of halogens is 5. The predicted molar refractivity (Wildman–Crippen MR) is 79.5 cm³/mol. The maximum atomic E-state index is 13.4. The Bertz CT molecular complexity index is 611. The molecule has 0 bridgehead atoms. The van der Waals surface area contributed by atoms with Crippen LogP contribution in [-0.2, 0) is 4.74 Å². The zero-order chi connectivity index (χ0) is 18.1. The molecule has 0 fully saturated rings. The van der Waals surface area contributed by atoms with E-state index in [4.69, 9.17) is 37.4 Å². The van der Waals surface area contributed by atoms with Crippen molar-refractivity contribution in [1.82, 2.24) is 10.6 Å². The van der Waals surface area contributed by atoms with Crippen LogP contribution in [-0.4, -0.2) is 37.9 Å². The lowest BCUT2D eigenvalue weighted by atomic mass is 10.3. The summed E-state index contributed by atoms with van der Waals surface area (Å²) in [5, 5.41) is 3.88. The van der Waals surface area contributed by atoms with E-state index in [1.807, 2.05) is 0 Å². The number of hydrogen-bond donors (Lipinski definition) is 2. The number of nitrogens with one attached hydrogen (secondary N) is 2. The fourth-order valence-corrected chi connectivity index (χ4v) is 2.25. The van der Waals surface area contributed by atoms with Gasteiger partial charge in [0, 0.05) is 19.2 Å². The van der Waals surface area contributed by atoms with Gasteiger partial charge in [-0.2, -0.15) is 13.2 Å². The van der Waals surface area contributed by atoms with E-state index in [1.54, 1.807) is 12.2 Å². The van der Waals surface area contributed by atoms with Crippen LogP contribution in [0, 0.1) is 0 Å². The first kappa shape index (κ1) is 18.8. The highest BCUT2D eigenvalue weighted by molar-refractivity contribution is 6.42. The second-order valence-corrected chi connectivity index (χ2v) is 5.80. The molecule has 2 rings (SSSR count). The lowest BCUT2D eigenvalue weighted by Crippen LogP contribution is -2.66. The Balaban J connectivity index is 2.23. The quantitative estimate of drug-likeness (QED) is 0.829. The minimum atomic E-state index is -5.08. The molecule has 2 N–H and O–H groups in total. The molecule has 134 valence electrons. The Morgan fingerprint density at radius 3 is 2.21 bits per heavy atom. The van der Waals surface area contributed by atoms with E-state index in [0.29, 0.717) is 0 Å². The maximum Gasteiger partial charge on any atom is 0.492 e. The summed E-state index contributed by atoms with van der Waals surface area (Å²) in [6.07, 6.45) is -5.08. The zero-order valence-electron chi connectivity index (χ0n) is 12.5. The number of fused-ring (bicyclic) bond motifs is 1. The molecule has 24 heavy (non-hydrogen) atoms. The summed E-state index contributed by atoms with van der Waals surface area (Å²) in [5.41, 5.74) is 0. The molecule has 0 aliphatic carbocycles. The molecular formula is C13H13Cl2F3N2O4. The van der Waals surface area contributed by atoms with Crippen LogP contribution in [0.25, 0.3) is 0 Å². The van der Waals surface area contributed by atoms with Crippen LogP contribution in [0.2, 0.25) is 10.0 Å². The first-order valence-corrected chi connectivity index (χ1v) is 7.35. The molecule has 0 saturated carbocycles. The Morgan fingerprint density at radius 1 is 1.29 bits per heavy atom. The van der Waals surface area contributed by atoms with Crippen LogP contribution in [0.4, 0.5) is 18.0 Å². The number of ether oxygens (including phenoxy) is 3. The lowest BCUT2D eigenvalue weighted by molar-refractivity contribution is -0.317. The molecule has 1 aliphatic heterocycles. The molecule has 6 nitrogen and oxygen atoms in total. The summed E-state index contributed by atoms with van der Waals surface area (Å²) >= 11 is 11.5. The summed E-state index contributed by atoms with van der Waals surface area (Å²) in [5.74, 6) is -3.99. The third-order valence-electron chi connectivity index (χ3n) is 2.94. The Labute approximate surface area is 145 Å².